The molecule has 0 atom stereocenters. The van der Waals surface area contributed by atoms with Crippen molar-refractivity contribution in [2.75, 3.05) is 6.54 Å². The van der Waals surface area contributed by atoms with Crippen molar-refractivity contribution >= 4 is 17.5 Å². The zero-order valence-electron chi connectivity index (χ0n) is 10.0. The minimum absolute atomic E-state index is 0.0116. The molecule has 0 radical (unpaired) electrons. The summed E-state index contributed by atoms with van der Waals surface area (Å²) in [6, 6.07) is 2.04. The molecule has 1 aliphatic carbocycles. The number of amides is 1. The van der Waals surface area contributed by atoms with E-state index < -0.39 is 0 Å². The van der Waals surface area contributed by atoms with Gasteiger partial charge in [0.15, 0.2) is 0 Å². The first-order valence-electron chi connectivity index (χ1n) is 6.14. The molecule has 4 heteroatoms. The smallest absolute Gasteiger partial charge is 0.257 e. The molecule has 1 heterocycles. The largest absolute Gasteiger partial charge is 0.336 e. The molecule has 2 rings (SSSR count). The van der Waals surface area contributed by atoms with E-state index in [0.717, 1.165) is 19.4 Å². The lowest BCUT2D eigenvalue weighted by atomic mass is 10.1. The molecule has 3 nitrogen and oxygen atoms in total. The third-order valence-corrected chi connectivity index (χ3v) is 3.69. The van der Waals surface area contributed by atoms with Gasteiger partial charge in [0.05, 0.1) is 10.6 Å². The summed E-state index contributed by atoms with van der Waals surface area (Å²) in [7, 11) is 0. The molecule has 92 valence electrons. The van der Waals surface area contributed by atoms with Gasteiger partial charge in [-0.25, -0.2) is 0 Å². The Morgan fingerprint density at radius 3 is 2.82 bits per heavy atom. The third kappa shape index (κ3) is 2.60. The standard InChI is InChI=1S/C13H17ClN2O/c1-2-16(10-5-3-4-6-10)13(17)11-9-15-8-7-12(11)14/h7-10H,2-6H2,1H3. The number of hydrogen-bond donors (Lipinski definition) is 0. The Morgan fingerprint density at radius 2 is 2.24 bits per heavy atom. The Labute approximate surface area is 107 Å². The van der Waals surface area contributed by atoms with Crippen LogP contribution in [0.25, 0.3) is 0 Å². The molecule has 0 aliphatic heterocycles. The Morgan fingerprint density at radius 1 is 1.53 bits per heavy atom. The Bertz CT molecular complexity index is 402. The van der Waals surface area contributed by atoms with E-state index in [1.54, 1.807) is 18.5 Å². The summed E-state index contributed by atoms with van der Waals surface area (Å²) in [6.07, 6.45) is 7.81. The van der Waals surface area contributed by atoms with Crippen LogP contribution in [-0.4, -0.2) is 28.4 Å². The predicted molar refractivity (Wildman–Crippen MR) is 68.2 cm³/mol. The second kappa shape index (κ2) is 5.50. The molecule has 0 aromatic carbocycles. The molecular weight excluding hydrogens is 236 g/mol. The van der Waals surface area contributed by atoms with Crippen LogP contribution < -0.4 is 0 Å². The van der Waals surface area contributed by atoms with E-state index in [4.69, 9.17) is 11.6 Å². The Balaban J connectivity index is 2.20. The maximum absolute atomic E-state index is 12.4. The summed E-state index contributed by atoms with van der Waals surface area (Å²) in [5.41, 5.74) is 0.517. The highest BCUT2D eigenvalue weighted by Gasteiger charge is 2.27. The highest BCUT2D eigenvalue weighted by Crippen LogP contribution is 2.26. The fourth-order valence-corrected chi connectivity index (χ4v) is 2.66. The van der Waals surface area contributed by atoms with Gasteiger partial charge in [-0.2, -0.15) is 0 Å². The SMILES string of the molecule is CCN(C(=O)c1cnccc1Cl)C1CCCC1. The molecule has 0 N–H and O–H groups in total. The maximum atomic E-state index is 12.4. The number of pyridine rings is 1. The molecule has 1 saturated carbocycles. The van der Waals surface area contributed by atoms with E-state index in [-0.39, 0.29) is 5.91 Å². The molecule has 1 aliphatic rings. The van der Waals surface area contributed by atoms with Crippen LogP contribution in [0.15, 0.2) is 18.5 Å². The molecular formula is C13H17ClN2O. The molecule has 1 aromatic rings. The number of aromatic nitrogens is 1. The first-order valence-corrected chi connectivity index (χ1v) is 6.52. The quantitative estimate of drug-likeness (QED) is 0.828. The Kier molecular flexibility index (Phi) is 4.00. The molecule has 0 saturated heterocycles. The summed E-state index contributed by atoms with van der Waals surface area (Å²) >= 11 is 6.04. The van der Waals surface area contributed by atoms with Crippen LogP contribution in [0.3, 0.4) is 0 Å². The minimum atomic E-state index is 0.0116. The lowest BCUT2D eigenvalue weighted by Gasteiger charge is -2.27. The molecule has 1 fully saturated rings. The molecule has 0 spiro atoms. The van der Waals surface area contributed by atoms with E-state index in [1.165, 1.54) is 12.8 Å². The number of carbonyl (C=O) groups is 1. The van der Waals surface area contributed by atoms with Gasteiger partial charge in [-0.05, 0) is 25.8 Å². The van der Waals surface area contributed by atoms with Gasteiger partial charge in [-0.3, -0.25) is 9.78 Å². The summed E-state index contributed by atoms with van der Waals surface area (Å²) in [4.78, 5) is 18.3. The van der Waals surface area contributed by atoms with Crippen molar-refractivity contribution < 1.29 is 4.79 Å². The third-order valence-electron chi connectivity index (χ3n) is 3.37. The topological polar surface area (TPSA) is 33.2 Å². The highest BCUT2D eigenvalue weighted by atomic mass is 35.5. The zero-order valence-corrected chi connectivity index (χ0v) is 10.8. The first-order chi connectivity index (χ1) is 8.24. The average molecular weight is 253 g/mol. The number of nitrogens with zero attached hydrogens (tertiary/aromatic N) is 2. The molecule has 1 amide bonds. The molecule has 1 aromatic heterocycles. The lowest BCUT2D eigenvalue weighted by molar-refractivity contribution is 0.0693. The van der Waals surface area contributed by atoms with Crippen LogP contribution in [0.5, 0.6) is 0 Å². The van der Waals surface area contributed by atoms with Crippen molar-refractivity contribution in [2.45, 2.75) is 38.6 Å². The number of carbonyl (C=O) groups excluding carboxylic acids is 1. The van der Waals surface area contributed by atoms with E-state index in [0.29, 0.717) is 16.6 Å². The van der Waals surface area contributed by atoms with Gasteiger partial charge in [-0.15, -0.1) is 0 Å². The van der Waals surface area contributed by atoms with Crippen molar-refractivity contribution in [1.82, 2.24) is 9.88 Å². The van der Waals surface area contributed by atoms with Crippen LogP contribution in [0.4, 0.5) is 0 Å². The summed E-state index contributed by atoms with van der Waals surface area (Å²) in [6.45, 7) is 2.75. The van der Waals surface area contributed by atoms with Crippen LogP contribution in [-0.2, 0) is 0 Å². The van der Waals surface area contributed by atoms with Crippen molar-refractivity contribution in [3.05, 3.63) is 29.0 Å². The second-order valence-corrected chi connectivity index (χ2v) is 4.79. The highest BCUT2D eigenvalue weighted by molar-refractivity contribution is 6.33. The molecule has 17 heavy (non-hydrogen) atoms. The van der Waals surface area contributed by atoms with E-state index >= 15 is 0 Å². The number of halogens is 1. The van der Waals surface area contributed by atoms with Gasteiger partial charge in [-0.1, -0.05) is 24.4 Å². The van der Waals surface area contributed by atoms with Gasteiger partial charge in [0.1, 0.15) is 0 Å². The number of rotatable bonds is 3. The summed E-state index contributed by atoms with van der Waals surface area (Å²) < 4.78 is 0. The summed E-state index contributed by atoms with van der Waals surface area (Å²) in [5.74, 6) is 0.0116. The lowest BCUT2D eigenvalue weighted by Crippen LogP contribution is -2.38. The van der Waals surface area contributed by atoms with Gasteiger partial charge in [0.25, 0.3) is 5.91 Å². The van der Waals surface area contributed by atoms with Crippen molar-refractivity contribution in [3.63, 3.8) is 0 Å². The molecule has 0 unspecified atom stereocenters. The fraction of sp³-hybridized carbons (Fsp3) is 0.538. The van der Waals surface area contributed by atoms with Crippen LogP contribution in [0.2, 0.25) is 5.02 Å². The predicted octanol–water partition coefficient (Wildman–Crippen LogP) is 3.14. The van der Waals surface area contributed by atoms with E-state index in [1.807, 2.05) is 11.8 Å². The van der Waals surface area contributed by atoms with Crippen LogP contribution >= 0.6 is 11.6 Å². The van der Waals surface area contributed by atoms with Crippen LogP contribution in [0, 0.1) is 0 Å². The number of hydrogen-bond acceptors (Lipinski definition) is 2. The van der Waals surface area contributed by atoms with E-state index in [9.17, 15) is 4.79 Å². The van der Waals surface area contributed by atoms with Gasteiger partial charge >= 0.3 is 0 Å². The van der Waals surface area contributed by atoms with Gasteiger partial charge < -0.3 is 4.90 Å². The zero-order chi connectivity index (χ0) is 12.3. The normalized spacial score (nSPS) is 16.1. The monoisotopic (exact) mass is 252 g/mol. The second-order valence-electron chi connectivity index (χ2n) is 4.38. The van der Waals surface area contributed by atoms with Crippen molar-refractivity contribution in [1.29, 1.82) is 0 Å². The molecule has 0 bridgehead atoms. The maximum Gasteiger partial charge on any atom is 0.257 e. The van der Waals surface area contributed by atoms with E-state index in [2.05, 4.69) is 4.98 Å². The van der Waals surface area contributed by atoms with Crippen molar-refractivity contribution in [3.8, 4) is 0 Å². The Hall–Kier alpha value is -1.09. The summed E-state index contributed by atoms with van der Waals surface area (Å²) in [5, 5.41) is 0.487. The first kappa shape index (κ1) is 12.4. The van der Waals surface area contributed by atoms with Gasteiger partial charge in [0, 0.05) is 25.0 Å². The van der Waals surface area contributed by atoms with Gasteiger partial charge in [0.2, 0.25) is 0 Å². The van der Waals surface area contributed by atoms with Crippen molar-refractivity contribution in [2.24, 2.45) is 0 Å². The van der Waals surface area contributed by atoms with Crippen LogP contribution in [0.1, 0.15) is 43.0 Å². The average Bonchev–Trinajstić information content (AvgIpc) is 2.84. The fourth-order valence-electron chi connectivity index (χ4n) is 2.47. The minimum Gasteiger partial charge on any atom is -0.336 e.